The van der Waals surface area contributed by atoms with E-state index in [0.717, 1.165) is 6.07 Å². The summed E-state index contributed by atoms with van der Waals surface area (Å²) in [7, 11) is 0. The normalized spacial score (nSPS) is 10.1. The fraction of sp³-hybridized carbons (Fsp3) is 0.143. The van der Waals surface area contributed by atoms with Gasteiger partial charge in [-0.1, -0.05) is 6.07 Å². The lowest BCUT2D eigenvalue weighted by Gasteiger charge is -2.02. The zero-order chi connectivity index (χ0) is 9.84. The molecule has 6 heteroatoms. The Labute approximate surface area is 71.9 Å². The number of rotatable bonds is 3. The van der Waals surface area contributed by atoms with Gasteiger partial charge in [0, 0.05) is 6.07 Å². The Morgan fingerprint density at radius 3 is 2.69 bits per heavy atom. The number of nitrogens with zero attached hydrogens (tertiary/aromatic N) is 1. The molecule has 1 rings (SSSR count). The fourth-order valence-corrected chi connectivity index (χ4v) is 0.773. The molecule has 13 heavy (non-hydrogen) atoms. The molecule has 0 aliphatic carbocycles. The number of halogens is 2. The van der Waals surface area contributed by atoms with Crippen LogP contribution in [0.3, 0.4) is 0 Å². The number of nitro benzene ring substituents is 1. The van der Waals surface area contributed by atoms with Crippen LogP contribution in [0.25, 0.3) is 0 Å². The maximum atomic E-state index is 11.7. The van der Waals surface area contributed by atoms with E-state index in [1.165, 1.54) is 18.2 Å². The second-order valence-electron chi connectivity index (χ2n) is 2.13. The molecule has 0 saturated carbocycles. The number of alkyl halides is 2. The average Bonchev–Trinajstić information content (AvgIpc) is 2.03. The molecule has 0 N–H and O–H groups in total. The van der Waals surface area contributed by atoms with Gasteiger partial charge in [0.05, 0.1) is 11.0 Å². The van der Waals surface area contributed by atoms with Gasteiger partial charge in [0.25, 0.3) is 5.69 Å². The molecule has 0 aliphatic rings. The predicted molar refractivity (Wildman–Crippen MR) is 39.7 cm³/mol. The Morgan fingerprint density at radius 1 is 1.46 bits per heavy atom. The van der Waals surface area contributed by atoms with E-state index in [1.54, 1.807) is 0 Å². The highest BCUT2D eigenvalue weighted by Gasteiger charge is 2.09. The summed E-state index contributed by atoms with van der Waals surface area (Å²) >= 11 is 0. The third-order valence-corrected chi connectivity index (χ3v) is 1.25. The Bertz CT molecular complexity index is 316. The zero-order valence-corrected chi connectivity index (χ0v) is 6.31. The standard InChI is InChI=1S/C7H5F2NO3/c8-7(9)13-6-3-1-2-5(4-6)10(11)12/h1-4,7H. The van der Waals surface area contributed by atoms with Gasteiger partial charge in [-0.2, -0.15) is 8.78 Å². The van der Waals surface area contributed by atoms with Crippen molar-refractivity contribution < 1.29 is 18.4 Å². The molecule has 0 fully saturated rings. The van der Waals surface area contributed by atoms with E-state index in [0.29, 0.717) is 0 Å². The fourth-order valence-electron chi connectivity index (χ4n) is 0.773. The van der Waals surface area contributed by atoms with E-state index in [1.807, 2.05) is 0 Å². The van der Waals surface area contributed by atoms with Gasteiger partial charge in [0.15, 0.2) is 0 Å². The minimum Gasteiger partial charge on any atom is -0.435 e. The molecule has 0 aromatic heterocycles. The Hall–Kier alpha value is -1.72. The Balaban J connectivity index is 2.85. The molecule has 0 spiro atoms. The van der Waals surface area contributed by atoms with Gasteiger partial charge in [-0.05, 0) is 6.07 Å². The molecule has 4 nitrogen and oxygen atoms in total. The van der Waals surface area contributed by atoms with Crippen molar-refractivity contribution >= 4 is 5.69 Å². The van der Waals surface area contributed by atoms with Gasteiger partial charge >= 0.3 is 6.61 Å². The molecule has 0 bridgehead atoms. The van der Waals surface area contributed by atoms with Crippen LogP contribution in [0, 0.1) is 10.1 Å². The third-order valence-electron chi connectivity index (χ3n) is 1.25. The number of hydrogen-bond acceptors (Lipinski definition) is 3. The third kappa shape index (κ3) is 2.66. The summed E-state index contributed by atoms with van der Waals surface area (Å²) in [6.45, 7) is -2.97. The van der Waals surface area contributed by atoms with Crippen LogP contribution in [0.4, 0.5) is 14.5 Å². The summed E-state index contributed by atoms with van der Waals surface area (Å²) in [5, 5.41) is 10.2. The quantitative estimate of drug-likeness (QED) is 0.541. The minimum absolute atomic E-state index is 0.218. The van der Waals surface area contributed by atoms with Crippen LogP contribution >= 0.6 is 0 Å². The van der Waals surface area contributed by atoms with Crippen LogP contribution in [-0.4, -0.2) is 11.5 Å². The van der Waals surface area contributed by atoms with Gasteiger partial charge in [0.1, 0.15) is 5.75 Å². The molecular weight excluding hydrogens is 184 g/mol. The first kappa shape index (κ1) is 9.37. The van der Waals surface area contributed by atoms with E-state index in [4.69, 9.17) is 0 Å². The lowest BCUT2D eigenvalue weighted by atomic mass is 10.3. The summed E-state index contributed by atoms with van der Waals surface area (Å²) < 4.78 is 27.3. The van der Waals surface area contributed by atoms with E-state index in [9.17, 15) is 18.9 Å². The Kier molecular flexibility index (Phi) is 2.73. The second-order valence-corrected chi connectivity index (χ2v) is 2.13. The second kappa shape index (κ2) is 3.79. The highest BCUT2D eigenvalue weighted by molar-refractivity contribution is 5.37. The predicted octanol–water partition coefficient (Wildman–Crippen LogP) is 2.20. The van der Waals surface area contributed by atoms with Gasteiger partial charge in [-0.3, -0.25) is 10.1 Å². The van der Waals surface area contributed by atoms with E-state index < -0.39 is 11.5 Å². The van der Waals surface area contributed by atoms with E-state index in [2.05, 4.69) is 4.74 Å². The topological polar surface area (TPSA) is 52.4 Å². The van der Waals surface area contributed by atoms with Crippen LogP contribution < -0.4 is 4.74 Å². The van der Waals surface area contributed by atoms with Crippen LogP contribution in [-0.2, 0) is 0 Å². The Morgan fingerprint density at radius 2 is 2.15 bits per heavy atom. The molecule has 0 saturated heterocycles. The first-order valence-corrected chi connectivity index (χ1v) is 3.29. The van der Waals surface area contributed by atoms with Crippen LogP contribution in [0.1, 0.15) is 0 Å². The van der Waals surface area contributed by atoms with Crippen molar-refractivity contribution in [2.75, 3.05) is 0 Å². The first-order chi connectivity index (χ1) is 6.09. The van der Waals surface area contributed by atoms with Crippen molar-refractivity contribution in [3.05, 3.63) is 34.4 Å². The molecule has 1 aromatic carbocycles. The maximum Gasteiger partial charge on any atom is 0.387 e. The molecule has 0 heterocycles. The van der Waals surface area contributed by atoms with Crippen LogP contribution in [0.15, 0.2) is 24.3 Å². The molecule has 70 valence electrons. The van der Waals surface area contributed by atoms with Gasteiger partial charge in [0.2, 0.25) is 0 Å². The number of ether oxygens (including phenoxy) is 1. The zero-order valence-electron chi connectivity index (χ0n) is 6.31. The highest BCUT2D eigenvalue weighted by Crippen LogP contribution is 2.20. The van der Waals surface area contributed by atoms with E-state index in [-0.39, 0.29) is 11.4 Å². The van der Waals surface area contributed by atoms with Crippen molar-refractivity contribution in [1.82, 2.24) is 0 Å². The molecule has 0 atom stereocenters. The summed E-state index contributed by atoms with van der Waals surface area (Å²) in [5.41, 5.74) is -0.279. The van der Waals surface area contributed by atoms with Crippen molar-refractivity contribution in [3.8, 4) is 5.75 Å². The first-order valence-electron chi connectivity index (χ1n) is 3.29. The molecule has 0 radical (unpaired) electrons. The summed E-state index contributed by atoms with van der Waals surface area (Å²) in [4.78, 5) is 9.52. The lowest BCUT2D eigenvalue weighted by Crippen LogP contribution is -2.01. The number of benzene rings is 1. The lowest BCUT2D eigenvalue weighted by molar-refractivity contribution is -0.385. The van der Waals surface area contributed by atoms with Crippen molar-refractivity contribution in [1.29, 1.82) is 0 Å². The van der Waals surface area contributed by atoms with Gasteiger partial charge in [-0.25, -0.2) is 0 Å². The summed E-state index contributed by atoms with van der Waals surface area (Å²) in [5.74, 6) is -0.218. The number of nitro groups is 1. The molecular formula is C7H5F2NO3. The van der Waals surface area contributed by atoms with Gasteiger partial charge in [-0.15, -0.1) is 0 Å². The maximum absolute atomic E-state index is 11.7. The van der Waals surface area contributed by atoms with Crippen molar-refractivity contribution in [2.24, 2.45) is 0 Å². The summed E-state index contributed by atoms with van der Waals surface area (Å²) in [6, 6.07) is 4.62. The highest BCUT2D eigenvalue weighted by atomic mass is 19.3. The molecule has 1 aromatic rings. The van der Waals surface area contributed by atoms with Crippen molar-refractivity contribution in [2.45, 2.75) is 6.61 Å². The van der Waals surface area contributed by atoms with Gasteiger partial charge < -0.3 is 4.74 Å². The number of hydrogen-bond donors (Lipinski definition) is 0. The van der Waals surface area contributed by atoms with Crippen LogP contribution in [0.5, 0.6) is 5.75 Å². The van der Waals surface area contributed by atoms with Crippen LogP contribution in [0.2, 0.25) is 0 Å². The molecule has 0 aliphatic heterocycles. The molecule has 0 amide bonds. The smallest absolute Gasteiger partial charge is 0.387 e. The largest absolute Gasteiger partial charge is 0.435 e. The number of non-ortho nitro benzene ring substituents is 1. The SMILES string of the molecule is O=[N+]([O-])c1cccc(OC(F)F)c1. The van der Waals surface area contributed by atoms with Crippen molar-refractivity contribution in [3.63, 3.8) is 0 Å². The minimum atomic E-state index is -2.97. The molecule has 0 unspecified atom stereocenters. The van der Waals surface area contributed by atoms with E-state index >= 15 is 0 Å². The average molecular weight is 189 g/mol. The monoisotopic (exact) mass is 189 g/mol. The summed E-state index contributed by atoms with van der Waals surface area (Å²) in [6.07, 6.45) is 0.